The first-order valence-corrected chi connectivity index (χ1v) is 8.17. The Labute approximate surface area is 157 Å². The van der Waals surface area contributed by atoms with Crippen molar-refractivity contribution in [3.63, 3.8) is 0 Å². The molecule has 0 aliphatic carbocycles. The number of anilines is 1. The Morgan fingerprint density at radius 1 is 1.07 bits per heavy atom. The molecule has 0 unspecified atom stereocenters. The summed E-state index contributed by atoms with van der Waals surface area (Å²) < 4.78 is 41.6. The van der Waals surface area contributed by atoms with Gasteiger partial charge in [-0.25, -0.2) is 9.48 Å². The van der Waals surface area contributed by atoms with Gasteiger partial charge >= 0.3 is 12.1 Å². The largest absolute Gasteiger partial charge is 0.476 e. The number of carboxylic acid groups (broad SMARTS) is 1. The van der Waals surface area contributed by atoms with Crippen molar-refractivity contribution in [1.29, 1.82) is 0 Å². The van der Waals surface area contributed by atoms with Gasteiger partial charge in [0, 0.05) is 6.42 Å². The molecule has 1 heterocycles. The Hall–Kier alpha value is -3.62. The van der Waals surface area contributed by atoms with Crippen LogP contribution in [0.3, 0.4) is 0 Å². The lowest BCUT2D eigenvalue weighted by molar-refractivity contribution is -0.0602. The molecule has 0 bridgehead atoms. The minimum Gasteiger partial charge on any atom is -0.476 e. The third kappa shape index (κ3) is 4.56. The van der Waals surface area contributed by atoms with E-state index in [1.807, 2.05) is 0 Å². The molecule has 1 aromatic heterocycles. The molecule has 3 rings (SSSR count). The van der Waals surface area contributed by atoms with Crippen molar-refractivity contribution in [2.45, 2.75) is 12.6 Å². The molecule has 6 nitrogen and oxygen atoms in total. The number of nitrogens with zero attached hydrogens (tertiary/aromatic N) is 3. The van der Waals surface area contributed by atoms with E-state index in [0.29, 0.717) is 11.4 Å². The van der Waals surface area contributed by atoms with Crippen LogP contribution in [0.25, 0.3) is 5.69 Å². The van der Waals surface area contributed by atoms with E-state index in [0.717, 1.165) is 6.07 Å². The van der Waals surface area contributed by atoms with Crippen molar-refractivity contribution in [2.75, 3.05) is 5.43 Å². The molecule has 0 aliphatic rings. The zero-order chi connectivity index (χ0) is 20.1. The number of benzene rings is 2. The fraction of sp³-hybridized carbons (Fsp3) is 0.105. The van der Waals surface area contributed by atoms with Crippen LogP contribution in [0, 0.1) is 0 Å². The monoisotopic (exact) mass is 388 g/mol. The number of alkyl halides is 3. The van der Waals surface area contributed by atoms with Crippen LogP contribution in [0.2, 0.25) is 0 Å². The quantitative estimate of drug-likeness (QED) is 0.491. The lowest BCUT2D eigenvalue weighted by atomic mass is 10.2. The molecule has 3 aromatic rings. The number of hydrogen-bond acceptors (Lipinski definition) is 4. The number of para-hydroxylation sites is 2. The summed E-state index contributed by atoms with van der Waals surface area (Å²) in [7, 11) is 0. The Morgan fingerprint density at radius 3 is 2.25 bits per heavy atom. The van der Waals surface area contributed by atoms with E-state index in [9.17, 15) is 23.1 Å². The maximum Gasteiger partial charge on any atom is 0.431 e. The molecule has 0 amide bonds. The van der Waals surface area contributed by atoms with E-state index in [-0.39, 0.29) is 11.4 Å². The number of aromatic nitrogens is 2. The Morgan fingerprint density at radius 2 is 1.68 bits per heavy atom. The number of rotatable bonds is 6. The number of halogens is 3. The summed E-state index contributed by atoms with van der Waals surface area (Å²) in [5.41, 5.74) is 1.82. The molecular weight excluding hydrogens is 373 g/mol. The summed E-state index contributed by atoms with van der Waals surface area (Å²) in [5.74, 6) is -1.33. The first-order valence-electron chi connectivity index (χ1n) is 8.17. The van der Waals surface area contributed by atoms with Gasteiger partial charge in [-0.2, -0.15) is 23.4 Å². The predicted molar refractivity (Wildman–Crippen MR) is 97.8 cm³/mol. The van der Waals surface area contributed by atoms with Gasteiger partial charge in [0.25, 0.3) is 0 Å². The van der Waals surface area contributed by atoms with Crippen molar-refractivity contribution in [3.8, 4) is 5.69 Å². The highest BCUT2D eigenvalue weighted by molar-refractivity contribution is 5.92. The van der Waals surface area contributed by atoms with Crippen LogP contribution in [0.15, 0.2) is 71.8 Å². The van der Waals surface area contributed by atoms with Crippen LogP contribution in [0.1, 0.15) is 16.2 Å². The zero-order valence-electron chi connectivity index (χ0n) is 14.4. The van der Waals surface area contributed by atoms with Crippen molar-refractivity contribution < 1.29 is 23.1 Å². The van der Waals surface area contributed by atoms with Crippen molar-refractivity contribution in [2.24, 2.45) is 5.10 Å². The van der Waals surface area contributed by atoms with Gasteiger partial charge in [0.15, 0.2) is 5.69 Å². The fourth-order valence-electron chi connectivity index (χ4n) is 2.46. The van der Waals surface area contributed by atoms with Gasteiger partial charge in [0.2, 0.25) is 0 Å². The maximum atomic E-state index is 13.5. The smallest absolute Gasteiger partial charge is 0.431 e. The van der Waals surface area contributed by atoms with Gasteiger partial charge < -0.3 is 5.11 Å². The average molecular weight is 388 g/mol. The minimum absolute atomic E-state index is 0.0505. The van der Waals surface area contributed by atoms with E-state index in [1.54, 1.807) is 60.7 Å². The highest BCUT2D eigenvalue weighted by Crippen LogP contribution is 2.23. The van der Waals surface area contributed by atoms with Crippen molar-refractivity contribution >= 4 is 17.4 Å². The zero-order valence-corrected chi connectivity index (χ0v) is 14.4. The lowest BCUT2D eigenvalue weighted by Crippen LogP contribution is -2.27. The third-order valence-electron chi connectivity index (χ3n) is 3.77. The Bertz CT molecular complexity index is 983. The molecule has 0 fully saturated rings. The standard InChI is InChI=1S/C19H15F3N4O2/c20-19(21,22)17(24-23-13-7-3-1-4-8-13)12-15-11-16(18(27)28)25-26(15)14-9-5-2-6-10-14/h1-11,23H,12H2,(H,27,28)/b24-17-. The number of nitrogens with one attached hydrogen (secondary N) is 1. The second-order valence-corrected chi connectivity index (χ2v) is 5.78. The molecule has 0 saturated carbocycles. The fourth-order valence-corrected chi connectivity index (χ4v) is 2.46. The summed E-state index contributed by atoms with van der Waals surface area (Å²) >= 11 is 0. The third-order valence-corrected chi connectivity index (χ3v) is 3.77. The molecule has 0 aliphatic heterocycles. The topological polar surface area (TPSA) is 79.5 Å². The normalized spacial score (nSPS) is 12.0. The molecule has 0 saturated heterocycles. The van der Waals surface area contributed by atoms with Crippen LogP contribution in [0.5, 0.6) is 0 Å². The second-order valence-electron chi connectivity index (χ2n) is 5.78. The molecule has 28 heavy (non-hydrogen) atoms. The first-order chi connectivity index (χ1) is 13.3. The number of carbonyl (C=O) groups is 1. The number of aromatic carboxylic acids is 1. The molecule has 0 spiro atoms. The van der Waals surface area contributed by atoms with E-state index < -0.39 is 24.3 Å². The SMILES string of the molecule is O=C(O)c1cc(C/C(=N/Nc2ccccc2)C(F)(F)F)n(-c2ccccc2)n1. The van der Waals surface area contributed by atoms with Gasteiger partial charge in [0.05, 0.1) is 17.1 Å². The van der Waals surface area contributed by atoms with Gasteiger partial charge in [-0.15, -0.1) is 0 Å². The number of hydrazone groups is 1. The molecular formula is C19H15F3N4O2. The summed E-state index contributed by atoms with van der Waals surface area (Å²) in [6, 6.07) is 17.6. The van der Waals surface area contributed by atoms with Crippen molar-refractivity contribution in [1.82, 2.24) is 9.78 Å². The maximum absolute atomic E-state index is 13.5. The van der Waals surface area contributed by atoms with E-state index in [1.165, 1.54) is 4.68 Å². The summed E-state index contributed by atoms with van der Waals surface area (Å²) in [6.45, 7) is 0. The number of carboxylic acids is 1. The summed E-state index contributed by atoms with van der Waals surface area (Å²) in [4.78, 5) is 11.3. The highest BCUT2D eigenvalue weighted by Gasteiger charge is 2.37. The van der Waals surface area contributed by atoms with E-state index in [4.69, 9.17) is 0 Å². The molecule has 9 heteroatoms. The number of hydrogen-bond donors (Lipinski definition) is 2. The highest BCUT2D eigenvalue weighted by atomic mass is 19.4. The molecule has 2 aromatic carbocycles. The van der Waals surface area contributed by atoms with Crippen LogP contribution < -0.4 is 5.43 Å². The van der Waals surface area contributed by atoms with Crippen LogP contribution in [-0.2, 0) is 6.42 Å². The second kappa shape index (κ2) is 7.95. The molecule has 144 valence electrons. The Kier molecular flexibility index (Phi) is 5.44. The lowest BCUT2D eigenvalue weighted by Gasteiger charge is -2.12. The molecule has 0 atom stereocenters. The first kappa shape index (κ1) is 19.2. The van der Waals surface area contributed by atoms with E-state index >= 15 is 0 Å². The van der Waals surface area contributed by atoms with Crippen molar-refractivity contribution in [3.05, 3.63) is 78.1 Å². The van der Waals surface area contributed by atoms with Crippen LogP contribution >= 0.6 is 0 Å². The van der Waals surface area contributed by atoms with Gasteiger partial charge in [-0.3, -0.25) is 5.43 Å². The van der Waals surface area contributed by atoms with Crippen LogP contribution in [-0.4, -0.2) is 32.7 Å². The van der Waals surface area contributed by atoms with E-state index in [2.05, 4.69) is 15.6 Å². The predicted octanol–water partition coefficient (Wildman–Crippen LogP) is 4.14. The summed E-state index contributed by atoms with van der Waals surface area (Å²) in [6.07, 6.45) is -5.37. The average Bonchev–Trinajstić information content (AvgIpc) is 3.10. The Balaban J connectivity index is 1.97. The summed E-state index contributed by atoms with van der Waals surface area (Å²) in [5, 5.41) is 16.6. The van der Waals surface area contributed by atoms with Crippen LogP contribution in [0.4, 0.5) is 18.9 Å². The molecule has 2 N–H and O–H groups in total. The van der Waals surface area contributed by atoms with Gasteiger partial charge in [-0.1, -0.05) is 36.4 Å². The minimum atomic E-state index is -4.71. The van der Waals surface area contributed by atoms with Gasteiger partial charge in [0.1, 0.15) is 5.71 Å². The molecule has 0 radical (unpaired) electrons. The van der Waals surface area contributed by atoms with Gasteiger partial charge in [-0.05, 0) is 30.3 Å².